The number of alkyl halides is 2. The van der Waals surface area contributed by atoms with Crippen molar-refractivity contribution in [3.8, 4) is 5.75 Å². The van der Waals surface area contributed by atoms with Crippen LogP contribution in [0.2, 0.25) is 5.02 Å². The number of halogens is 3. The molecular formula is C29H28ClF2N5O3. The summed E-state index contributed by atoms with van der Waals surface area (Å²) in [6.07, 6.45) is 2.78. The van der Waals surface area contributed by atoms with Crippen LogP contribution >= 0.6 is 11.6 Å². The van der Waals surface area contributed by atoms with Crippen molar-refractivity contribution in [3.63, 3.8) is 0 Å². The molecule has 1 aromatic carbocycles. The van der Waals surface area contributed by atoms with E-state index in [9.17, 15) is 23.5 Å². The van der Waals surface area contributed by atoms with Gasteiger partial charge >= 0.3 is 0 Å². The van der Waals surface area contributed by atoms with E-state index in [0.717, 1.165) is 30.3 Å². The molecule has 11 heteroatoms. The zero-order valence-electron chi connectivity index (χ0n) is 21.6. The van der Waals surface area contributed by atoms with Gasteiger partial charge in [0.1, 0.15) is 11.1 Å². The Morgan fingerprint density at radius 3 is 2.60 bits per heavy atom. The molecule has 40 heavy (non-hydrogen) atoms. The molecule has 2 fully saturated rings. The number of hydrogen-bond acceptors (Lipinski definition) is 6. The number of benzene rings is 1. The zero-order valence-corrected chi connectivity index (χ0v) is 22.3. The number of fused-ring (bicyclic) bond motifs is 2. The maximum Gasteiger partial charge on any atom is 0.281 e. The summed E-state index contributed by atoms with van der Waals surface area (Å²) in [6, 6.07) is 12.2. The lowest BCUT2D eigenvalue weighted by Crippen LogP contribution is -2.64. The minimum atomic E-state index is -2.88. The van der Waals surface area contributed by atoms with Gasteiger partial charge in [0.2, 0.25) is 5.91 Å². The Bertz CT molecular complexity index is 1460. The van der Waals surface area contributed by atoms with E-state index < -0.39 is 23.4 Å². The van der Waals surface area contributed by atoms with Gasteiger partial charge in [-0.1, -0.05) is 29.8 Å². The number of pyridine rings is 2. The van der Waals surface area contributed by atoms with E-state index in [1.54, 1.807) is 18.3 Å². The maximum atomic E-state index is 13.9. The molecule has 0 radical (unpaired) electrons. The lowest BCUT2D eigenvalue weighted by atomic mass is 9.74. The number of para-hydroxylation sites is 1. The summed E-state index contributed by atoms with van der Waals surface area (Å²) in [5.74, 6) is 0.262. The molecule has 2 N–H and O–H groups in total. The first-order chi connectivity index (χ1) is 19.3. The summed E-state index contributed by atoms with van der Waals surface area (Å²) < 4.78 is 26.7. The van der Waals surface area contributed by atoms with Gasteiger partial charge in [0.05, 0.1) is 10.6 Å². The Morgan fingerprint density at radius 2 is 1.88 bits per heavy atom. The predicted molar refractivity (Wildman–Crippen MR) is 146 cm³/mol. The van der Waals surface area contributed by atoms with Gasteiger partial charge in [-0.15, -0.1) is 0 Å². The molecule has 8 nitrogen and oxygen atoms in total. The molecule has 0 atom stereocenters. The number of carbonyl (C=O) groups is 2. The number of anilines is 2. The SMILES string of the molecule is O=C(NC1CCC(CN2C(=O)C3(CN(c4ncccc4O)C3)c3ccccc32)CC1)c1cc(Cl)cnc1C(F)F. The van der Waals surface area contributed by atoms with Gasteiger partial charge in [-0.25, -0.2) is 13.8 Å². The molecule has 6 rings (SSSR count). The third-order valence-corrected chi connectivity index (χ3v) is 8.52. The molecule has 2 amide bonds. The van der Waals surface area contributed by atoms with Crippen molar-refractivity contribution < 1.29 is 23.5 Å². The first-order valence-electron chi connectivity index (χ1n) is 13.3. The predicted octanol–water partition coefficient (Wildman–Crippen LogP) is 4.87. The summed E-state index contributed by atoms with van der Waals surface area (Å²) in [7, 11) is 0. The Hall–Kier alpha value is -3.79. The van der Waals surface area contributed by atoms with Crippen LogP contribution in [0.5, 0.6) is 5.75 Å². The second-order valence-corrected chi connectivity index (χ2v) is 11.2. The molecular weight excluding hydrogens is 540 g/mol. The third-order valence-electron chi connectivity index (χ3n) is 8.31. The smallest absolute Gasteiger partial charge is 0.281 e. The number of aromatic hydroxyl groups is 1. The second kappa shape index (κ2) is 10.3. The monoisotopic (exact) mass is 567 g/mol. The van der Waals surface area contributed by atoms with Crippen molar-refractivity contribution in [1.29, 1.82) is 0 Å². The van der Waals surface area contributed by atoms with E-state index in [4.69, 9.17) is 11.6 Å². The fourth-order valence-corrected chi connectivity index (χ4v) is 6.44. The second-order valence-electron chi connectivity index (χ2n) is 10.8. The van der Waals surface area contributed by atoms with E-state index in [0.29, 0.717) is 38.3 Å². The van der Waals surface area contributed by atoms with Crippen molar-refractivity contribution in [1.82, 2.24) is 15.3 Å². The van der Waals surface area contributed by atoms with Crippen molar-refractivity contribution in [2.75, 3.05) is 29.4 Å². The normalized spacial score (nSPS) is 21.4. The van der Waals surface area contributed by atoms with Crippen LogP contribution < -0.4 is 15.1 Å². The Morgan fingerprint density at radius 1 is 1.12 bits per heavy atom. The van der Waals surface area contributed by atoms with E-state index >= 15 is 0 Å². The number of nitrogens with one attached hydrogen (secondary N) is 1. The van der Waals surface area contributed by atoms with E-state index in [1.165, 1.54) is 6.07 Å². The molecule has 1 spiro atoms. The van der Waals surface area contributed by atoms with Crippen molar-refractivity contribution in [3.05, 3.63) is 76.7 Å². The molecule has 3 aromatic rings. The van der Waals surface area contributed by atoms with E-state index in [1.807, 2.05) is 34.1 Å². The minimum Gasteiger partial charge on any atom is -0.504 e. The minimum absolute atomic E-state index is 0.0591. The molecule has 4 heterocycles. The van der Waals surface area contributed by atoms with Gasteiger partial charge < -0.3 is 20.2 Å². The summed E-state index contributed by atoms with van der Waals surface area (Å²) in [5.41, 5.74) is 0.462. The molecule has 0 bridgehead atoms. The lowest BCUT2D eigenvalue weighted by molar-refractivity contribution is -0.124. The van der Waals surface area contributed by atoms with Crippen molar-refractivity contribution in [2.45, 2.75) is 43.6 Å². The molecule has 1 aliphatic carbocycles. The zero-order chi connectivity index (χ0) is 28.0. The Balaban J connectivity index is 1.10. The van der Waals surface area contributed by atoms with Crippen LogP contribution in [0, 0.1) is 5.92 Å². The van der Waals surface area contributed by atoms with Crippen molar-refractivity contribution in [2.24, 2.45) is 5.92 Å². The maximum absolute atomic E-state index is 13.9. The molecule has 2 aromatic heterocycles. The van der Waals surface area contributed by atoms with Crippen LogP contribution in [-0.2, 0) is 10.2 Å². The van der Waals surface area contributed by atoms with Crippen LogP contribution in [-0.4, -0.2) is 52.6 Å². The number of nitrogens with zero attached hydrogens (tertiary/aromatic N) is 4. The van der Waals surface area contributed by atoms with Gasteiger partial charge in [0, 0.05) is 43.8 Å². The van der Waals surface area contributed by atoms with Crippen LogP contribution in [0.4, 0.5) is 20.3 Å². The van der Waals surface area contributed by atoms with Crippen LogP contribution in [0.1, 0.15) is 53.7 Å². The quantitative estimate of drug-likeness (QED) is 0.441. The standard InChI is InChI=1S/C29H28ClF2N5O3/c30-18-12-20(24(25(31)32)34-13-18)27(39)35-19-9-7-17(8-10-19)14-37-22-5-2-1-4-21(22)29(28(37)40)15-36(16-29)26-23(38)6-3-11-33-26/h1-6,11-13,17,19,25,38H,7-10,14-16H2,(H,35,39). The molecule has 2 aliphatic heterocycles. The first-order valence-corrected chi connectivity index (χ1v) is 13.7. The largest absolute Gasteiger partial charge is 0.504 e. The number of aromatic nitrogens is 2. The molecule has 208 valence electrons. The molecule has 1 saturated heterocycles. The summed E-state index contributed by atoms with van der Waals surface area (Å²) >= 11 is 5.90. The van der Waals surface area contributed by atoms with Gasteiger partial charge in [-0.2, -0.15) is 0 Å². The average Bonchev–Trinajstić information content (AvgIpc) is 3.17. The highest BCUT2D eigenvalue weighted by Gasteiger charge is 2.58. The summed E-state index contributed by atoms with van der Waals surface area (Å²) in [6.45, 7) is 1.46. The van der Waals surface area contributed by atoms with Crippen molar-refractivity contribution >= 4 is 34.9 Å². The topological polar surface area (TPSA) is 98.7 Å². The highest BCUT2D eigenvalue weighted by atomic mass is 35.5. The third kappa shape index (κ3) is 4.54. The van der Waals surface area contributed by atoms with Crippen LogP contribution in [0.15, 0.2) is 54.9 Å². The van der Waals surface area contributed by atoms with Gasteiger partial charge in [-0.05, 0) is 61.4 Å². The fraction of sp³-hybridized carbons (Fsp3) is 0.379. The number of rotatable bonds is 6. The number of hydrogen-bond donors (Lipinski definition) is 2. The highest BCUT2D eigenvalue weighted by molar-refractivity contribution is 6.30. The number of carbonyl (C=O) groups excluding carboxylic acids is 2. The molecule has 3 aliphatic rings. The van der Waals surface area contributed by atoms with Crippen LogP contribution in [0.3, 0.4) is 0 Å². The van der Waals surface area contributed by atoms with Gasteiger partial charge in [0.15, 0.2) is 11.6 Å². The highest BCUT2D eigenvalue weighted by Crippen LogP contribution is 2.49. The Labute approximate surface area is 235 Å². The van der Waals surface area contributed by atoms with Gasteiger partial charge in [-0.3, -0.25) is 14.6 Å². The first kappa shape index (κ1) is 26.4. The Kier molecular flexibility index (Phi) is 6.82. The molecule has 0 unspecified atom stereocenters. The lowest BCUT2D eigenvalue weighted by Gasteiger charge is -2.47. The summed E-state index contributed by atoms with van der Waals surface area (Å²) in [5, 5.41) is 13.2. The van der Waals surface area contributed by atoms with E-state index in [-0.39, 0.29) is 34.2 Å². The van der Waals surface area contributed by atoms with E-state index in [2.05, 4.69) is 15.3 Å². The fourth-order valence-electron chi connectivity index (χ4n) is 6.29. The number of amides is 2. The summed E-state index contributed by atoms with van der Waals surface area (Å²) in [4.78, 5) is 38.4. The van der Waals surface area contributed by atoms with Crippen LogP contribution in [0.25, 0.3) is 0 Å². The van der Waals surface area contributed by atoms with Gasteiger partial charge in [0.25, 0.3) is 12.3 Å². The average molecular weight is 568 g/mol. The molecule has 1 saturated carbocycles.